The van der Waals surface area contributed by atoms with Crippen LogP contribution in [0.25, 0.3) is 0 Å². The summed E-state index contributed by atoms with van der Waals surface area (Å²) < 4.78 is 0. The molecule has 15 heavy (non-hydrogen) atoms. The van der Waals surface area contributed by atoms with E-state index in [2.05, 4.69) is 20.8 Å². The highest BCUT2D eigenvalue weighted by Gasteiger charge is 2.65. The van der Waals surface area contributed by atoms with Gasteiger partial charge in [-0.15, -0.1) is 0 Å². The zero-order valence-corrected chi connectivity index (χ0v) is 10.2. The molecule has 1 amide bonds. The van der Waals surface area contributed by atoms with Gasteiger partial charge in [-0.25, -0.2) is 0 Å². The zero-order valence-electron chi connectivity index (χ0n) is 10.2. The summed E-state index contributed by atoms with van der Waals surface area (Å²) in [6.07, 6.45) is 1.71. The van der Waals surface area contributed by atoms with E-state index in [0.29, 0.717) is 11.8 Å². The molecule has 0 bridgehead atoms. The first-order valence-electron chi connectivity index (χ1n) is 5.88. The van der Waals surface area contributed by atoms with Crippen LogP contribution in [0.15, 0.2) is 0 Å². The number of nitrogens with two attached hydrogens (primary N) is 1. The molecule has 2 fully saturated rings. The third kappa shape index (κ3) is 1.32. The molecule has 3 atom stereocenters. The summed E-state index contributed by atoms with van der Waals surface area (Å²) in [7, 11) is 0. The molecule has 1 heterocycles. The number of rotatable bonds is 2. The Kier molecular flexibility index (Phi) is 2.16. The Labute approximate surface area is 92.0 Å². The molecule has 2 N–H and O–H groups in total. The van der Waals surface area contributed by atoms with Gasteiger partial charge in [0.1, 0.15) is 0 Å². The second-order valence-corrected chi connectivity index (χ2v) is 5.97. The van der Waals surface area contributed by atoms with Gasteiger partial charge in [0, 0.05) is 19.0 Å². The Morgan fingerprint density at radius 2 is 2.00 bits per heavy atom. The Hall–Kier alpha value is -0.570. The molecule has 0 aromatic carbocycles. The molecule has 1 aliphatic heterocycles. The normalized spacial score (nSPS) is 43.5. The van der Waals surface area contributed by atoms with Gasteiger partial charge in [0.05, 0.1) is 6.04 Å². The van der Waals surface area contributed by atoms with Gasteiger partial charge < -0.3 is 10.6 Å². The summed E-state index contributed by atoms with van der Waals surface area (Å²) in [6, 6.07) is 0.286. The lowest BCUT2D eigenvalue weighted by atomic mass is 9.86. The minimum atomic E-state index is 0.0317. The summed E-state index contributed by atoms with van der Waals surface area (Å²) in [6.45, 7) is 9.66. The minimum absolute atomic E-state index is 0.0317. The molecule has 1 aliphatic carbocycles. The van der Waals surface area contributed by atoms with E-state index in [1.165, 1.54) is 6.42 Å². The minimum Gasteiger partial charge on any atom is -0.338 e. The Bertz CT molecular complexity index is 300. The molecule has 2 aliphatic rings. The van der Waals surface area contributed by atoms with E-state index in [0.717, 1.165) is 6.54 Å². The van der Waals surface area contributed by atoms with Gasteiger partial charge in [-0.2, -0.15) is 0 Å². The predicted molar refractivity (Wildman–Crippen MR) is 60.3 cm³/mol. The van der Waals surface area contributed by atoms with Crippen LogP contribution in [0.4, 0.5) is 0 Å². The number of amides is 1. The van der Waals surface area contributed by atoms with Crippen molar-refractivity contribution in [2.45, 2.75) is 52.6 Å². The lowest BCUT2D eigenvalue weighted by molar-refractivity contribution is -0.129. The van der Waals surface area contributed by atoms with Crippen LogP contribution in [-0.4, -0.2) is 29.4 Å². The SMILES string of the molecule is CCN1C(=O)CC(N)C1C1(C)CC1(C)C. The number of carbonyl (C=O) groups is 1. The molecule has 1 saturated carbocycles. The van der Waals surface area contributed by atoms with E-state index >= 15 is 0 Å². The highest BCUT2D eigenvalue weighted by atomic mass is 16.2. The number of hydrogen-bond donors (Lipinski definition) is 1. The van der Waals surface area contributed by atoms with E-state index in [9.17, 15) is 4.79 Å². The molecule has 3 unspecified atom stereocenters. The number of hydrogen-bond acceptors (Lipinski definition) is 2. The fraction of sp³-hybridized carbons (Fsp3) is 0.917. The van der Waals surface area contributed by atoms with Gasteiger partial charge in [0.25, 0.3) is 0 Å². The summed E-state index contributed by atoms with van der Waals surface area (Å²) in [5.41, 5.74) is 6.69. The first-order valence-corrected chi connectivity index (χ1v) is 5.88. The van der Waals surface area contributed by atoms with Crippen LogP contribution >= 0.6 is 0 Å². The lowest BCUT2D eigenvalue weighted by Gasteiger charge is -2.33. The maximum absolute atomic E-state index is 11.8. The van der Waals surface area contributed by atoms with Crippen molar-refractivity contribution in [3.8, 4) is 0 Å². The molecule has 0 spiro atoms. The van der Waals surface area contributed by atoms with Crippen molar-refractivity contribution in [3.63, 3.8) is 0 Å². The highest BCUT2D eigenvalue weighted by molar-refractivity contribution is 5.80. The molecule has 0 aromatic rings. The number of likely N-dealkylation sites (N-methyl/N-ethyl adjacent to an activating group) is 1. The van der Waals surface area contributed by atoms with Crippen molar-refractivity contribution in [2.24, 2.45) is 16.6 Å². The van der Waals surface area contributed by atoms with Crippen LogP contribution in [0.5, 0.6) is 0 Å². The maximum atomic E-state index is 11.8. The smallest absolute Gasteiger partial charge is 0.224 e. The Morgan fingerprint density at radius 1 is 1.47 bits per heavy atom. The fourth-order valence-electron chi connectivity index (χ4n) is 3.39. The number of likely N-dealkylation sites (tertiary alicyclic amines) is 1. The summed E-state index contributed by atoms with van der Waals surface area (Å²) in [5, 5.41) is 0. The van der Waals surface area contributed by atoms with Crippen LogP contribution < -0.4 is 5.73 Å². The maximum Gasteiger partial charge on any atom is 0.224 e. The average molecular weight is 210 g/mol. The lowest BCUT2D eigenvalue weighted by Crippen LogP contribution is -2.47. The highest BCUT2D eigenvalue weighted by Crippen LogP contribution is 2.67. The van der Waals surface area contributed by atoms with E-state index in [-0.39, 0.29) is 23.4 Å². The third-order valence-electron chi connectivity index (χ3n) is 4.70. The monoisotopic (exact) mass is 210 g/mol. The van der Waals surface area contributed by atoms with Crippen LogP contribution in [0, 0.1) is 10.8 Å². The molecular formula is C12H22N2O. The van der Waals surface area contributed by atoms with Gasteiger partial charge in [-0.05, 0) is 24.2 Å². The Balaban J connectivity index is 2.25. The molecule has 2 rings (SSSR count). The molecule has 0 radical (unpaired) electrons. The largest absolute Gasteiger partial charge is 0.338 e. The molecule has 0 aromatic heterocycles. The molecule has 86 valence electrons. The standard InChI is InChI=1S/C12H22N2O/c1-5-14-9(15)6-8(13)10(14)12(4)7-11(12,2)3/h8,10H,5-7,13H2,1-4H3. The van der Waals surface area contributed by atoms with Gasteiger partial charge in [0.15, 0.2) is 0 Å². The first-order chi connectivity index (χ1) is 6.83. The van der Waals surface area contributed by atoms with E-state index in [1.54, 1.807) is 0 Å². The fourth-order valence-corrected chi connectivity index (χ4v) is 3.39. The van der Waals surface area contributed by atoms with Crippen molar-refractivity contribution in [1.29, 1.82) is 0 Å². The van der Waals surface area contributed by atoms with Crippen molar-refractivity contribution in [1.82, 2.24) is 4.90 Å². The molecular weight excluding hydrogens is 188 g/mol. The number of carbonyl (C=O) groups excluding carboxylic acids is 1. The van der Waals surface area contributed by atoms with Crippen molar-refractivity contribution >= 4 is 5.91 Å². The van der Waals surface area contributed by atoms with Gasteiger partial charge in [-0.1, -0.05) is 20.8 Å². The van der Waals surface area contributed by atoms with Crippen LogP contribution in [0.2, 0.25) is 0 Å². The van der Waals surface area contributed by atoms with Crippen molar-refractivity contribution < 1.29 is 4.79 Å². The summed E-state index contributed by atoms with van der Waals surface area (Å²) in [4.78, 5) is 13.7. The van der Waals surface area contributed by atoms with Gasteiger partial charge in [0.2, 0.25) is 5.91 Å². The van der Waals surface area contributed by atoms with Crippen molar-refractivity contribution in [3.05, 3.63) is 0 Å². The van der Waals surface area contributed by atoms with E-state index in [4.69, 9.17) is 5.73 Å². The summed E-state index contributed by atoms with van der Waals surface area (Å²) in [5.74, 6) is 0.235. The second kappa shape index (κ2) is 2.97. The predicted octanol–water partition coefficient (Wildman–Crippen LogP) is 1.37. The third-order valence-corrected chi connectivity index (χ3v) is 4.70. The van der Waals surface area contributed by atoms with Crippen LogP contribution in [0.1, 0.15) is 40.5 Å². The van der Waals surface area contributed by atoms with Crippen LogP contribution in [0.3, 0.4) is 0 Å². The van der Waals surface area contributed by atoms with E-state index in [1.807, 2.05) is 11.8 Å². The van der Waals surface area contributed by atoms with E-state index < -0.39 is 0 Å². The van der Waals surface area contributed by atoms with Gasteiger partial charge in [-0.3, -0.25) is 4.79 Å². The van der Waals surface area contributed by atoms with Crippen LogP contribution in [-0.2, 0) is 4.79 Å². The molecule has 1 saturated heterocycles. The topological polar surface area (TPSA) is 46.3 Å². The summed E-state index contributed by atoms with van der Waals surface area (Å²) >= 11 is 0. The zero-order chi connectivity index (χ0) is 11.4. The average Bonchev–Trinajstić information content (AvgIpc) is 2.48. The Morgan fingerprint density at radius 3 is 2.40 bits per heavy atom. The molecule has 3 nitrogen and oxygen atoms in total. The quantitative estimate of drug-likeness (QED) is 0.748. The molecule has 3 heteroatoms. The number of nitrogens with zero attached hydrogens (tertiary/aromatic N) is 1. The van der Waals surface area contributed by atoms with Gasteiger partial charge >= 0.3 is 0 Å². The van der Waals surface area contributed by atoms with Crippen molar-refractivity contribution in [2.75, 3.05) is 6.54 Å². The first kappa shape index (κ1) is 10.9. The second-order valence-electron chi connectivity index (χ2n) is 5.97.